The summed E-state index contributed by atoms with van der Waals surface area (Å²) in [5.74, 6) is 0.705. The van der Waals surface area contributed by atoms with Gasteiger partial charge in [0.15, 0.2) is 0 Å². The first-order chi connectivity index (χ1) is 11.9. The van der Waals surface area contributed by atoms with Gasteiger partial charge in [-0.05, 0) is 25.0 Å². The summed E-state index contributed by atoms with van der Waals surface area (Å²) in [5.41, 5.74) is 1.02. The Bertz CT molecular complexity index is 725. The second-order valence-corrected chi connectivity index (χ2v) is 8.51. The van der Waals surface area contributed by atoms with E-state index < -0.39 is 10.0 Å². The molecule has 138 valence electrons. The molecular formula is C17H25N3O4S. The van der Waals surface area contributed by atoms with Crippen LogP contribution < -0.4 is 9.64 Å². The van der Waals surface area contributed by atoms with Gasteiger partial charge in [0.05, 0.1) is 25.6 Å². The molecule has 1 amide bonds. The molecule has 1 aromatic carbocycles. The van der Waals surface area contributed by atoms with Crippen LogP contribution in [0, 0.1) is 0 Å². The van der Waals surface area contributed by atoms with E-state index in [1.807, 2.05) is 24.3 Å². The molecule has 0 atom stereocenters. The van der Waals surface area contributed by atoms with E-state index in [4.69, 9.17) is 4.74 Å². The zero-order valence-electron chi connectivity index (χ0n) is 14.7. The summed E-state index contributed by atoms with van der Waals surface area (Å²) in [7, 11) is -1.69. The van der Waals surface area contributed by atoms with Crippen LogP contribution in [0.1, 0.15) is 12.8 Å². The van der Waals surface area contributed by atoms with Crippen molar-refractivity contribution < 1.29 is 17.9 Å². The lowest BCUT2D eigenvalue weighted by Crippen LogP contribution is -2.52. The highest BCUT2D eigenvalue weighted by Crippen LogP contribution is 2.30. The predicted molar refractivity (Wildman–Crippen MR) is 96.4 cm³/mol. The van der Waals surface area contributed by atoms with Crippen LogP contribution in [0.2, 0.25) is 0 Å². The van der Waals surface area contributed by atoms with Crippen molar-refractivity contribution in [2.45, 2.75) is 18.9 Å². The molecule has 0 N–H and O–H groups in total. The van der Waals surface area contributed by atoms with Gasteiger partial charge in [-0.25, -0.2) is 8.42 Å². The Hall–Kier alpha value is -1.80. The van der Waals surface area contributed by atoms with E-state index in [0.29, 0.717) is 26.2 Å². The number of piperazine rings is 1. The van der Waals surface area contributed by atoms with Crippen molar-refractivity contribution in [3.8, 4) is 5.75 Å². The van der Waals surface area contributed by atoms with Gasteiger partial charge in [-0.2, -0.15) is 4.31 Å². The van der Waals surface area contributed by atoms with Crippen molar-refractivity contribution in [1.82, 2.24) is 9.21 Å². The van der Waals surface area contributed by atoms with Crippen molar-refractivity contribution in [1.29, 1.82) is 0 Å². The molecule has 1 saturated heterocycles. The van der Waals surface area contributed by atoms with E-state index >= 15 is 0 Å². The highest BCUT2D eigenvalue weighted by molar-refractivity contribution is 7.88. The van der Waals surface area contributed by atoms with Crippen LogP contribution in [0.4, 0.5) is 5.69 Å². The number of rotatable bonds is 6. The largest absolute Gasteiger partial charge is 0.495 e. The van der Waals surface area contributed by atoms with Crippen molar-refractivity contribution in [2.75, 3.05) is 51.0 Å². The fourth-order valence-electron chi connectivity index (χ4n) is 3.20. The fraction of sp³-hybridized carbons (Fsp3) is 0.588. The van der Waals surface area contributed by atoms with Crippen LogP contribution in [0.15, 0.2) is 24.3 Å². The zero-order chi connectivity index (χ0) is 18.0. The Morgan fingerprint density at radius 3 is 2.40 bits per heavy atom. The Morgan fingerprint density at radius 1 is 1.20 bits per heavy atom. The highest BCUT2D eigenvalue weighted by Gasteiger charge is 2.37. The molecule has 2 fully saturated rings. The average Bonchev–Trinajstić information content (AvgIpc) is 3.43. The number of benzene rings is 1. The minimum atomic E-state index is -3.34. The van der Waals surface area contributed by atoms with Gasteiger partial charge in [0.25, 0.3) is 0 Å². The van der Waals surface area contributed by atoms with Crippen LogP contribution >= 0.6 is 0 Å². The number of ether oxygens (including phenoxy) is 1. The van der Waals surface area contributed by atoms with Gasteiger partial charge in [0.2, 0.25) is 15.9 Å². The quantitative estimate of drug-likeness (QED) is 0.743. The number of carbonyl (C=O) groups excluding carboxylic acids is 1. The third-order valence-electron chi connectivity index (χ3n) is 4.73. The summed E-state index contributed by atoms with van der Waals surface area (Å²) in [6.07, 6.45) is 2.88. The molecule has 1 aliphatic heterocycles. The van der Waals surface area contributed by atoms with E-state index in [1.54, 1.807) is 12.0 Å². The van der Waals surface area contributed by atoms with Crippen LogP contribution in [0.25, 0.3) is 0 Å². The smallest absolute Gasteiger partial charge is 0.238 e. The van der Waals surface area contributed by atoms with E-state index in [-0.39, 0.29) is 18.5 Å². The second kappa shape index (κ2) is 7.21. The standard InChI is InChI=1S/C17H25N3O4S/c1-24-16-6-4-3-5-15(16)18-9-11-19(12-10-18)17(21)13-20(14-7-8-14)25(2,22)23/h3-6,14H,7-13H2,1-2H3. The summed E-state index contributed by atoms with van der Waals surface area (Å²) >= 11 is 0. The Morgan fingerprint density at radius 2 is 1.84 bits per heavy atom. The monoisotopic (exact) mass is 367 g/mol. The molecule has 1 aliphatic carbocycles. The molecule has 8 heteroatoms. The Kier molecular flexibility index (Phi) is 5.19. The maximum atomic E-state index is 12.5. The number of carbonyl (C=O) groups is 1. The van der Waals surface area contributed by atoms with Crippen LogP contribution in [0.5, 0.6) is 5.75 Å². The fourth-order valence-corrected chi connectivity index (χ4v) is 4.30. The van der Waals surface area contributed by atoms with Crippen LogP contribution in [0.3, 0.4) is 0 Å². The highest BCUT2D eigenvalue weighted by atomic mass is 32.2. The van der Waals surface area contributed by atoms with Gasteiger partial charge < -0.3 is 14.5 Å². The van der Waals surface area contributed by atoms with E-state index in [1.165, 1.54) is 10.6 Å². The van der Waals surface area contributed by atoms with Gasteiger partial charge in [0.1, 0.15) is 5.75 Å². The van der Waals surface area contributed by atoms with E-state index in [9.17, 15) is 13.2 Å². The lowest BCUT2D eigenvalue weighted by atomic mass is 10.2. The number of para-hydroxylation sites is 2. The molecular weight excluding hydrogens is 342 g/mol. The molecule has 7 nitrogen and oxygen atoms in total. The van der Waals surface area contributed by atoms with Gasteiger partial charge in [-0.15, -0.1) is 0 Å². The van der Waals surface area contributed by atoms with Gasteiger partial charge in [0, 0.05) is 32.2 Å². The van der Waals surface area contributed by atoms with Gasteiger partial charge in [-0.3, -0.25) is 4.79 Å². The molecule has 3 rings (SSSR count). The molecule has 0 spiro atoms. The first-order valence-electron chi connectivity index (χ1n) is 8.52. The Balaban J connectivity index is 1.59. The van der Waals surface area contributed by atoms with Crippen molar-refractivity contribution >= 4 is 21.6 Å². The van der Waals surface area contributed by atoms with Crippen molar-refractivity contribution in [3.63, 3.8) is 0 Å². The third-order valence-corrected chi connectivity index (χ3v) is 6.01. The Labute approximate surface area is 149 Å². The molecule has 0 bridgehead atoms. The molecule has 2 aliphatic rings. The summed E-state index contributed by atoms with van der Waals surface area (Å²) in [4.78, 5) is 16.5. The normalized spacial score (nSPS) is 18.5. The number of hydrogen-bond donors (Lipinski definition) is 0. The van der Waals surface area contributed by atoms with E-state index in [0.717, 1.165) is 24.3 Å². The maximum Gasteiger partial charge on any atom is 0.238 e. The van der Waals surface area contributed by atoms with Gasteiger partial charge in [-0.1, -0.05) is 12.1 Å². The molecule has 0 unspecified atom stereocenters. The lowest BCUT2D eigenvalue weighted by molar-refractivity contribution is -0.131. The molecule has 25 heavy (non-hydrogen) atoms. The van der Waals surface area contributed by atoms with E-state index in [2.05, 4.69) is 4.90 Å². The number of nitrogens with zero attached hydrogens (tertiary/aromatic N) is 3. The summed E-state index contributed by atoms with van der Waals surface area (Å²) in [6, 6.07) is 7.84. The number of hydrogen-bond acceptors (Lipinski definition) is 5. The summed E-state index contributed by atoms with van der Waals surface area (Å²) in [6.45, 7) is 2.53. The molecule has 1 aromatic rings. The molecule has 0 aromatic heterocycles. The first-order valence-corrected chi connectivity index (χ1v) is 10.4. The summed E-state index contributed by atoms with van der Waals surface area (Å²) in [5, 5.41) is 0. The number of anilines is 1. The maximum absolute atomic E-state index is 12.5. The summed E-state index contributed by atoms with van der Waals surface area (Å²) < 4.78 is 30.5. The average molecular weight is 367 g/mol. The zero-order valence-corrected chi connectivity index (χ0v) is 15.5. The minimum Gasteiger partial charge on any atom is -0.495 e. The second-order valence-electron chi connectivity index (χ2n) is 6.58. The number of amides is 1. The number of methoxy groups -OCH3 is 1. The third kappa shape index (κ3) is 4.24. The topological polar surface area (TPSA) is 70.2 Å². The first kappa shape index (κ1) is 18.0. The minimum absolute atomic E-state index is 0.00817. The SMILES string of the molecule is COc1ccccc1N1CCN(C(=O)CN(C2CC2)S(C)(=O)=O)CC1. The van der Waals surface area contributed by atoms with Crippen LogP contribution in [-0.2, 0) is 14.8 Å². The predicted octanol–water partition coefficient (Wildman–Crippen LogP) is 0.768. The number of sulfonamides is 1. The van der Waals surface area contributed by atoms with Crippen LogP contribution in [-0.4, -0.2) is 75.7 Å². The molecule has 1 heterocycles. The van der Waals surface area contributed by atoms with Crippen molar-refractivity contribution in [3.05, 3.63) is 24.3 Å². The van der Waals surface area contributed by atoms with Crippen molar-refractivity contribution in [2.24, 2.45) is 0 Å². The van der Waals surface area contributed by atoms with Gasteiger partial charge >= 0.3 is 0 Å². The molecule has 0 radical (unpaired) electrons. The molecule has 1 saturated carbocycles. The lowest BCUT2D eigenvalue weighted by Gasteiger charge is -2.37.